The van der Waals surface area contributed by atoms with Gasteiger partial charge < -0.3 is 5.32 Å². The smallest absolute Gasteiger partial charge is 0.251 e. The van der Waals surface area contributed by atoms with Crippen molar-refractivity contribution in [3.8, 4) is 0 Å². The highest BCUT2D eigenvalue weighted by Gasteiger charge is 2.05. The number of hydrogen-bond donors (Lipinski definition) is 1. The average molecular weight is 292 g/mol. The van der Waals surface area contributed by atoms with E-state index in [1.165, 1.54) is 4.90 Å². The fourth-order valence-corrected chi connectivity index (χ4v) is 2.26. The van der Waals surface area contributed by atoms with Gasteiger partial charge in [-0.1, -0.05) is 29.8 Å². The van der Waals surface area contributed by atoms with E-state index in [-0.39, 0.29) is 5.91 Å². The van der Waals surface area contributed by atoms with Crippen molar-refractivity contribution in [1.29, 1.82) is 0 Å². The summed E-state index contributed by atoms with van der Waals surface area (Å²) in [6.45, 7) is 0.514. The highest BCUT2D eigenvalue weighted by molar-refractivity contribution is 7.98. The Bertz CT molecular complexity index is 569. The van der Waals surface area contributed by atoms with Crippen LogP contribution in [0, 0.1) is 0 Å². The monoisotopic (exact) mass is 291 g/mol. The number of benzene rings is 2. The predicted molar refractivity (Wildman–Crippen MR) is 80.8 cm³/mol. The van der Waals surface area contributed by atoms with Gasteiger partial charge in [-0.25, -0.2) is 0 Å². The van der Waals surface area contributed by atoms with Crippen LogP contribution in [0.3, 0.4) is 0 Å². The van der Waals surface area contributed by atoms with Crippen LogP contribution in [0.5, 0.6) is 0 Å². The first kappa shape index (κ1) is 14.0. The first-order valence-corrected chi connectivity index (χ1v) is 7.46. The molecule has 0 saturated carbocycles. The third kappa shape index (κ3) is 4.01. The highest BCUT2D eigenvalue weighted by atomic mass is 35.5. The number of nitrogens with one attached hydrogen (secondary N) is 1. The molecule has 0 bridgehead atoms. The molecule has 0 unspecified atom stereocenters. The molecule has 0 radical (unpaired) electrons. The summed E-state index contributed by atoms with van der Waals surface area (Å²) < 4.78 is 0. The van der Waals surface area contributed by atoms with Gasteiger partial charge >= 0.3 is 0 Å². The van der Waals surface area contributed by atoms with Gasteiger partial charge in [0.25, 0.3) is 5.91 Å². The second-order valence-electron chi connectivity index (χ2n) is 4.04. The van der Waals surface area contributed by atoms with Crippen LogP contribution < -0.4 is 5.32 Å². The fourth-order valence-electron chi connectivity index (χ4n) is 1.66. The molecule has 1 amide bonds. The van der Waals surface area contributed by atoms with E-state index in [0.717, 1.165) is 5.56 Å². The Hall–Kier alpha value is -1.45. The number of carbonyl (C=O) groups is 1. The predicted octanol–water partition coefficient (Wildman–Crippen LogP) is 3.99. The third-order valence-corrected chi connectivity index (χ3v) is 3.68. The molecule has 19 heavy (non-hydrogen) atoms. The Balaban J connectivity index is 1.96. The molecule has 0 aliphatic carbocycles. The van der Waals surface area contributed by atoms with Crippen molar-refractivity contribution in [3.05, 3.63) is 64.7 Å². The molecular formula is C15H14ClNOS. The van der Waals surface area contributed by atoms with Gasteiger partial charge in [0.1, 0.15) is 0 Å². The van der Waals surface area contributed by atoms with Crippen LogP contribution in [0.4, 0.5) is 0 Å². The summed E-state index contributed by atoms with van der Waals surface area (Å²) in [7, 11) is 0. The lowest BCUT2D eigenvalue weighted by Crippen LogP contribution is -2.22. The fraction of sp³-hybridized carbons (Fsp3) is 0.133. The summed E-state index contributed by atoms with van der Waals surface area (Å²) in [5.74, 6) is -0.114. The van der Waals surface area contributed by atoms with Crippen LogP contribution in [0.15, 0.2) is 53.4 Å². The maximum absolute atomic E-state index is 11.9. The van der Waals surface area contributed by atoms with Crippen LogP contribution in [-0.2, 0) is 6.54 Å². The van der Waals surface area contributed by atoms with Gasteiger partial charge in [-0.2, -0.15) is 0 Å². The molecule has 0 heterocycles. The molecule has 4 heteroatoms. The van der Waals surface area contributed by atoms with Gasteiger partial charge in [0, 0.05) is 22.0 Å². The molecule has 0 aliphatic heterocycles. The van der Waals surface area contributed by atoms with Crippen LogP contribution in [-0.4, -0.2) is 12.2 Å². The maximum Gasteiger partial charge on any atom is 0.251 e. The van der Waals surface area contributed by atoms with Crippen LogP contribution >= 0.6 is 23.4 Å². The van der Waals surface area contributed by atoms with Crippen molar-refractivity contribution >= 4 is 29.3 Å². The summed E-state index contributed by atoms with van der Waals surface area (Å²) in [6.07, 6.45) is 2.04. The van der Waals surface area contributed by atoms with Crippen molar-refractivity contribution < 1.29 is 4.79 Å². The van der Waals surface area contributed by atoms with Gasteiger partial charge in [0.05, 0.1) is 0 Å². The zero-order valence-electron chi connectivity index (χ0n) is 10.5. The van der Waals surface area contributed by atoms with Gasteiger partial charge in [-0.3, -0.25) is 4.79 Å². The average Bonchev–Trinajstić information content (AvgIpc) is 2.45. The summed E-state index contributed by atoms with van der Waals surface area (Å²) >= 11 is 7.56. The molecule has 0 fully saturated rings. The lowest BCUT2D eigenvalue weighted by molar-refractivity contribution is 0.0951. The summed E-state index contributed by atoms with van der Waals surface area (Å²) in [6, 6.07) is 15.1. The molecule has 2 rings (SSSR count). The van der Waals surface area contributed by atoms with E-state index in [2.05, 4.69) is 5.32 Å². The van der Waals surface area contributed by atoms with Crippen molar-refractivity contribution in [2.45, 2.75) is 11.4 Å². The lowest BCUT2D eigenvalue weighted by Gasteiger charge is -2.06. The van der Waals surface area contributed by atoms with Gasteiger partial charge in [0.2, 0.25) is 0 Å². The minimum absolute atomic E-state index is 0.114. The maximum atomic E-state index is 11.9. The Kier molecular flexibility index (Phi) is 4.88. The van der Waals surface area contributed by atoms with E-state index in [4.69, 9.17) is 11.6 Å². The summed E-state index contributed by atoms with van der Waals surface area (Å²) in [5.41, 5.74) is 1.65. The van der Waals surface area contributed by atoms with Crippen molar-refractivity contribution in [2.24, 2.45) is 0 Å². The number of amides is 1. The Labute approximate surface area is 122 Å². The van der Waals surface area contributed by atoms with Crippen molar-refractivity contribution in [2.75, 3.05) is 6.26 Å². The Morgan fingerprint density at radius 2 is 1.95 bits per heavy atom. The van der Waals surface area contributed by atoms with Gasteiger partial charge in [-0.05, 0) is 42.2 Å². The number of carbonyl (C=O) groups excluding carboxylic acids is 1. The van der Waals surface area contributed by atoms with Gasteiger partial charge in [-0.15, -0.1) is 11.8 Å². The first-order valence-electron chi connectivity index (χ1n) is 5.86. The van der Waals surface area contributed by atoms with Crippen molar-refractivity contribution in [1.82, 2.24) is 5.32 Å². The van der Waals surface area contributed by atoms with E-state index in [9.17, 15) is 4.79 Å². The summed E-state index contributed by atoms with van der Waals surface area (Å²) in [4.78, 5) is 13.1. The van der Waals surface area contributed by atoms with Gasteiger partial charge in [0.15, 0.2) is 0 Å². The molecule has 2 aromatic rings. The van der Waals surface area contributed by atoms with E-state index in [1.54, 1.807) is 36.0 Å². The molecule has 0 saturated heterocycles. The number of thioether (sulfide) groups is 1. The second-order valence-corrected chi connectivity index (χ2v) is 5.36. The molecule has 1 N–H and O–H groups in total. The SMILES string of the molecule is CSc1ccc(CNC(=O)c2cccc(Cl)c2)cc1. The minimum atomic E-state index is -0.114. The van der Waals surface area contributed by atoms with Crippen LogP contribution in [0.1, 0.15) is 15.9 Å². The standard InChI is InChI=1S/C15H14ClNOS/c1-19-14-7-5-11(6-8-14)10-17-15(18)12-3-2-4-13(16)9-12/h2-9H,10H2,1H3,(H,17,18). The van der Waals surface area contributed by atoms with Crippen LogP contribution in [0.25, 0.3) is 0 Å². The number of hydrogen-bond acceptors (Lipinski definition) is 2. The number of halogens is 1. The topological polar surface area (TPSA) is 29.1 Å². The Morgan fingerprint density at radius 1 is 1.21 bits per heavy atom. The largest absolute Gasteiger partial charge is 0.348 e. The molecule has 0 aliphatic rings. The minimum Gasteiger partial charge on any atom is -0.348 e. The number of rotatable bonds is 4. The van der Waals surface area contributed by atoms with E-state index < -0.39 is 0 Å². The molecular weight excluding hydrogens is 278 g/mol. The van der Waals surface area contributed by atoms with Crippen molar-refractivity contribution in [3.63, 3.8) is 0 Å². The normalized spacial score (nSPS) is 10.2. The Morgan fingerprint density at radius 3 is 2.58 bits per heavy atom. The van der Waals surface area contributed by atoms with E-state index in [0.29, 0.717) is 17.1 Å². The van der Waals surface area contributed by atoms with E-state index >= 15 is 0 Å². The molecule has 2 aromatic carbocycles. The summed E-state index contributed by atoms with van der Waals surface area (Å²) in [5, 5.41) is 3.44. The molecule has 98 valence electrons. The molecule has 0 spiro atoms. The zero-order chi connectivity index (χ0) is 13.7. The molecule has 0 atom stereocenters. The third-order valence-electron chi connectivity index (χ3n) is 2.70. The zero-order valence-corrected chi connectivity index (χ0v) is 12.1. The molecule has 0 aromatic heterocycles. The highest BCUT2D eigenvalue weighted by Crippen LogP contribution is 2.15. The quantitative estimate of drug-likeness (QED) is 0.863. The van der Waals surface area contributed by atoms with Crippen LogP contribution in [0.2, 0.25) is 5.02 Å². The first-order chi connectivity index (χ1) is 9.19. The molecule has 2 nitrogen and oxygen atoms in total. The van der Waals surface area contributed by atoms with E-state index in [1.807, 2.05) is 30.5 Å². The second kappa shape index (κ2) is 6.64. The lowest BCUT2D eigenvalue weighted by atomic mass is 10.2.